The predicted octanol–water partition coefficient (Wildman–Crippen LogP) is 12.2. The van der Waals surface area contributed by atoms with Crippen molar-refractivity contribution in [3.8, 4) is 79.8 Å². The van der Waals surface area contributed by atoms with Crippen LogP contribution in [0.2, 0.25) is 0 Å². The molecule has 0 atom stereocenters. The minimum atomic E-state index is 0.435. The van der Waals surface area contributed by atoms with E-state index in [-0.39, 0.29) is 0 Å². The molecule has 0 saturated heterocycles. The van der Waals surface area contributed by atoms with Gasteiger partial charge in [0.2, 0.25) is 0 Å². The second kappa shape index (κ2) is 14.8. The number of rotatable bonds is 7. The van der Waals surface area contributed by atoms with Gasteiger partial charge in [-0.05, 0) is 42.5 Å². The number of hydrogen-bond donors (Lipinski definition) is 0. The van der Waals surface area contributed by atoms with Crippen LogP contribution in [0.5, 0.6) is 0 Å². The van der Waals surface area contributed by atoms with Gasteiger partial charge in [0.15, 0.2) is 29.0 Å². The number of hydrogen-bond acceptors (Lipinski definition) is 6. The number of fused-ring (bicyclic) bond motifs is 3. The van der Waals surface area contributed by atoms with Crippen molar-refractivity contribution < 1.29 is 0 Å². The van der Waals surface area contributed by atoms with Crippen LogP contribution in [-0.2, 0) is 0 Å². The van der Waals surface area contributed by atoms with Gasteiger partial charge in [-0.1, -0.05) is 140 Å². The highest BCUT2D eigenvalue weighted by molar-refractivity contribution is 6.11. The topological polar surface area (TPSA) is 97.5 Å². The molecule has 3 aromatic heterocycles. The summed E-state index contributed by atoms with van der Waals surface area (Å²) in [5.74, 6) is 2.00. The van der Waals surface area contributed by atoms with Crippen LogP contribution in [0.3, 0.4) is 0 Å². The molecular formula is C51H30N8. The van der Waals surface area contributed by atoms with Crippen molar-refractivity contribution in [3.05, 3.63) is 199 Å². The van der Waals surface area contributed by atoms with Gasteiger partial charge in [-0.25, -0.2) is 29.8 Å². The van der Waals surface area contributed by atoms with Gasteiger partial charge in [-0.2, -0.15) is 5.26 Å². The molecule has 3 heterocycles. The Balaban J connectivity index is 1.30. The first kappa shape index (κ1) is 34.9. The summed E-state index contributed by atoms with van der Waals surface area (Å²) in [6.45, 7) is 7.89. The van der Waals surface area contributed by atoms with E-state index in [1.165, 1.54) is 0 Å². The normalized spacial score (nSPS) is 11.0. The zero-order valence-corrected chi connectivity index (χ0v) is 31.4. The number of nitrogens with zero attached hydrogens (tertiary/aromatic N) is 8. The van der Waals surface area contributed by atoms with Crippen LogP contribution in [0.4, 0.5) is 5.69 Å². The van der Waals surface area contributed by atoms with E-state index in [1.54, 1.807) is 0 Å². The molecule has 0 aliphatic heterocycles. The summed E-state index contributed by atoms with van der Waals surface area (Å²) in [4.78, 5) is 29.5. The number of aromatic nitrogens is 6. The summed E-state index contributed by atoms with van der Waals surface area (Å²) in [6.07, 6.45) is 0. The van der Waals surface area contributed by atoms with Crippen LogP contribution in [0.15, 0.2) is 182 Å². The van der Waals surface area contributed by atoms with Crippen molar-refractivity contribution >= 4 is 27.5 Å². The second-order valence-corrected chi connectivity index (χ2v) is 14.0. The van der Waals surface area contributed by atoms with E-state index in [2.05, 4.69) is 15.5 Å². The molecule has 10 rings (SSSR count). The predicted molar refractivity (Wildman–Crippen MR) is 233 cm³/mol. The molecule has 0 radical (unpaired) electrons. The Morgan fingerprint density at radius 2 is 0.932 bits per heavy atom. The smallest absolute Gasteiger partial charge is 0.189 e. The molecule has 0 spiro atoms. The molecule has 0 bridgehead atoms. The van der Waals surface area contributed by atoms with E-state index in [9.17, 15) is 5.26 Å². The van der Waals surface area contributed by atoms with E-state index in [0.29, 0.717) is 40.1 Å². The molecule has 59 heavy (non-hydrogen) atoms. The molecule has 0 unspecified atom stereocenters. The lowest BCUT2D eigenvalue weighted by molar-refractivity contribution is 1.06. The summed E-state index contributed by atoms with van der Waals surface area (Å²) >= 11 is 0. The fraction of sp³-hybridized carbons (Fsp3) is 0. The average Bonchev–Trinajstić information content (AvgIpc) is 3.64. The minimum absolute atomic E-state index is 0.435. The molecule has 0 fully saturated rings. The summed E-state index contributed by atoms with van der Waals surface area (Å²) in [6, 6.07) is 61.7. The summed E-state index contributed by atoms with van der Waals surface area (Å²) in [5, 5.41) is 12.0. The largest absolute Gasteiger partial charge is 0.310 e. The number of benzene rings is 7. The highest BCUT2D eigenvalue weighted by Crippen LogP contribution is 2.40. The van der Waals surface area contributed by atoms with E-state index < -0.39 is 0 Å². The Hall–Kier alpha value is -8.59. The van der Waals surface area contributed by atoms with Crippen molar-refractivity contribution in [2.24, 2.45) is 0 Å². The monoisotopic (exact) mass is 754 g/mol. The zero-order valence-electron chi connectivity index (χ0n) is 31.4. The lowest BCUT2D eigenvalue weighted by atomic mass is 10.0. The maximum Gasteiger partial charge on any atom is 0.189 e. The maximum atomic E-state index is 10.1. The first-order valence-corrected chi connectivity index (χ1v) is 19.0. The first-order chi connectivity index (χ1) is 29.1. The Kier molecular flexibility index (Phi) is 8.76. The average molecular weight is 755 g/mol. The molecule has 0 aliphatic carbocycles. The lowest BCUT2D eigenvalue weighted by Gasteiger charge is -2.17. The van der Waals surface area contributed by atoms with E-state index >= 15 is 0 Å². The van der Waals surface area contributed by atoms with Gasteiger partial charge in [0.1, 0.15) is 0 Å². The van der Waals surface area contributed by atoms with Crippen molar-refractivity contribution in [3.63, 3.8) is 0 Å². The molecule has 8 nitrogen and oxygen atoms in total. The van der Waals surface area contributed by atoms with Crippen molar-refractivity contribution in [1.82, 2.24) is 29.5 Å². The van der Waals surface area contributed by atoms with Crippen LogP contribution in [0.1, 0.15) is 5.56 Å². The molecule has 0 amide bonds. The van der Waals surface area contributed by atoms with E-state index in [0.717, 1.165) is 66.7 Å². The molecule has 0 N–H and O–H groups in total. The Bertz CT molecular complexity index is 3090. The van der Waals surface area contributed by atoms with Gasteiger partial charge in [0.25, 0.3) is 0 Å². The standard InChI is InChI=1S/C51H30N8/c1-53-39-24-26-41-40-25-22-33(32-52)28-46(40)59(47(41)30-39)45-27-23-38(50-54-43(34-14-6-2-7-15-34)31-44(55-50)35-16-8-3-9-17-35)29-42(45)51-57-48(36-18-10-4-11-19-36)56-49(58-51)37-20-12-5-13-21-37/h2-31H. The van der Waals surface area contributed by atoms with Gasteiger partial charge in [-0.15, -0.1) is 0 Å². The third-order valence-electron chi connectivity index (χ3n) is 10.3. The zero-order chi connectivity index (χ0) is 39.7. The van der Waals surface area contributed by atoms with Gasteiger partial charge in [-0.3, -0.25) is 0 Å². The molecular weight excluding hydrogens is 725 g/mol. The van der Waals surface area contributed by atoms with Crippen molar-refractivity contribution in [1.29, 1.82) is 5.26 Å². The molecule has 8 heteroatoms. The lowest BCUT2D eigenvalue weighted by Crippen LogP contribution is -2.04. The van der Waals surface area contributed by atoms with Crippen LogP contribution in [0.25, 0.3) is 100 Å². The van der Waals surface area contributed by atoms with E-state index in [1.807, 2.05) is 182 Å². The van der Waals surface area contributed by atoms with Crippen LogP contribution < -0.4 is 0 Å². The Labute approximate surface area is 339 Å². The Morgan fingerprint density at radius 3 is 1.47 bits per heavy atom. The van der Waals surface area contributed by atoms with Crippen molar-refractivity contribution in [2.45, 2.75) is 0 Å². The summed E-state index contributed by atoms with van der Waals surface area (Å²) in [5.41, 5.74) is 10.0. The Morgan fingerprint density at radius 1 is 0.441 bits per heavy atom. The molecule has 274 valence electrons. The van der Waals surface area contributed by atoms with Gasteiger partial charge >= 0.3 is 0 Å². The van der Waals surface area contributed by atoms with Gasteiger partial charge in [0.05, 0.1) is 40.8 Å². The fourth-order valence-electron chi connectivity index (χ4n) is 7.47. The van der Waals surface area contributed by atoms with Crippen LogP contribution in [-0.4, -0.2) is 29.5 Å². The molecule has 7 aromatic carbocycles. The first-order valence-electron chi connectivity index (χ1n) is 19.0. The number of nitriles is 1. The highest BCUT2D eigenvalue weighted by Gasteiger charge is 2.22. The quantitative estimate of drug-likeness (QED) is 0.150. The molecule has 0 aliphatic rings. The van der Waals surface area contributed by atoms with Crippen LogP contribution >= 0.6 is 0 Å². The third kappa shape index (κ3) is 6.53. The second-order valence-electron chi connectivity index (χ2n) is 14.0. The fourth-order valence-corrected chi connectivity index (χ4v) is 7.47. The van der Waals surface area contributed by atoms with Crippen molar-refractivity contribution in [2.75, 3.05) is 0 Å². The highest BCUT2D eigenvalue weighted by atomic mass is 15.1. The molecule has 10 aromatic rings. The summed E-state index contributed by atoms with van der Waals surface area (Å²) < 4.78 is 2.10. The minimum Gasteiger partial charge on any atom is -0.310 e. The van der Waals surface area contributed by atoms with Crippen LogP contribution in [0, 0.1) is 17.9 Å². The van der Waals surface area contributed by atoms with Gasteiger partial charge in [0, 0.05) is 49.7 Å². The SMILES string of the molecule is [C-]#[N+]c1ccc2c3ccc(C#N)cc3n(-c3ccc(-c4nc(-c5ccccc5)cc(-c5ccccc5)n4)cc3-c3nc(-c4ccccc4)nc(-c4ccccc4)n3)c2c1. The van der Waals surface area contributed by atoms with E-state index in [4.69, 9.17) is 31.5 Å². The summed E-state index contributed by atoms with van der Waals surface area (Å²) in [7, 11) is 0. The third-order valence-corrected chi connectivity index (χ3v) is 10.3. The van der Waals surface area contributed by atoms with Gasteiger partial charge < -0.3 is 4.57 Å². The molecule has 0 saturated carbocycles. The maximum absolute atomic E-state index is 10.1.